The molecule has 0 amide bonds. The second-order valence-corrected chi connectivity index (χ2v) is 6.12. The molecule has 128 valence electrons. The Morgan fingerprint density at radius 3 is 2.52 bits per heavy atom. The first-order valence-electron chi connectivity index (χ1n) is 8.33. The number of unbranched alkanes of at least 4 members (excludes halogenated alkanes) is 1. The smallest absolute Gasteiger partial charge is 0.161 e. The number of benzene rings is 1. The van der Waals surface area contributed by atoms with Gasteiger partial charge in [-0.2, -0.15) is 0 Å². The molecule has 0 radical (unpaired) electrons. The second-order valence-electron chi connectivity index (χ2n) is 6.12. The van der Waals surface area contributed by atoms with Gasteiger partial charge >= 0.3 is 0 Å². The molecule has 1 heterocycles. The molecule has 1 aromatic rings. The molecule has 5 nitrogen and oxygen atoms in total. The molecule has 1 aliphatic heterocycles. The van der Waals surface area contributed by atoms with Gasteiger partial charge in [0.25, 0.3) is 0 Å². The number of methoxy groups -OCH3 is 1. The van der Waals surface area contributed by atoms with Crippen LogP contribution in [0.5, 0.6) is 11.5 Å². The minimum Gasteiger partial charge on any atom is -0.493 e. The molecule has 1 aliphatic rings. The summed E-state index contributed by atoms with van der Waals surface area (Å²) < 4.78 is 11.1. The molecule has 0 N–H and O–H groups in total. The summed E-state index contributed by atoms with van der Waals surface area (Å²) in [5, 5.41) is 0. The van der Waals surface area contributed by atoms with Crippen LogP contribution in [0.4, 0.5) is 0 Å². The quantitative estimate of drug-likeness (QED) is 0.543. The number of rotatable bonds is 8. The van der Waals surface area contributed by atoms with Gasteiger partial charge < -0.3 is 19.3 Å². The van der Waals surface area contributed by atoms with Gasteiger partial charge in [-0.3, -0.25) is 4.79 Å². The van der Waals surface area contributed by atoms with Crippen molar-refractivity contribution in [3.63, 3.8) is 0 Å². The Labute approximate surface area is 139 Å². The Bertz CT molecular complexity index is 511. The van der Waals surface area contributed by atoms with Gasteiger partial charge in [-0.1, -0.05) is 0 Å². The molecule has 0 aliphatic carbocycles. The van der Waals surface area contributed by atoms with Crippen LogP contribution in [0.1, 0.15) is 30.1 Å². The van der Waals surface area contributed by atoms with Crippen molar-refractivity contribution in [2.75, 3.05) is 53.5 Å². The average molecular weight is 320 g/mol. The molecule has 0 spiro atoms. The van der Waals surface area contributed by atoms with E-state index in [0.29, 0.717) is 23.7 Å². The Kier molecular flexibility index (Phi) is 6.86. The van der Waals surface area contributed by atoms with Crippen molar-refractivity contribution in [3.05, 3.63) is 23.8 Å². The van der Waals surface area contributed by atoms with E-state index in [0.717, 1.165) is 45.6 Å². The van der Waals surface area contributed by atoms with Crippen LogP contribution < -0.4 is 9.47 Å². The maximum atomic E-state index is 11.4. The van der Waals surface area contributed by atoms with Crippen LogP contribution >= 0.6 is 0 Å². The van der Waals surface area contributed by atoms with E-state index in [-0.39, 0.29) is 5.78 Å². The Balaban J connectivity index is 1.70. The Morgan fingerprint density at radius 1 is 1.13 bits per heavy atom. The summed E-state index contributed by atoms with van der Waals surface area (Å²) in [4.78, 5) is 16.3. The van der Waals surface area contributed by atoms with E-state index in [1.165, 1.54) is 0 Å². The fourth-order valence-electron chi connectivity index (χ4n) is 2.70. The zero-order valence-corrected chi connectivity index (χ0v) is 14.5. The zero-order chi connectivity index (χ0) is 16.7. The average Bonchev–Trinajstić information content (AvgIpc) is 2.56. The van der Waals surface area contributed by atoms with Crippen LogP contribution in [0.3, 0.4) is 0 Å². The van der Waals surface area contributed by atoms with Gasteiger partial charge in [-0.05, 0) is 51.6 Å². The molecule has 0 bridgehead atoms. The third-order valence-electron chi connectivity index (χ3n) is 4.29. The van der Waals surface area contributed by atoms with Gasteiger partial charge in [0.2, 0.25) is 0 Å². The minimum absolute atomic E-state index is 0.0297. The lowest BCUT2D eigenvalue weighted by Crippen LogP contribution is -2.44. The van der Waals surface area contributed by atoms with Crippen LogP contribution in [0, 0.1) is 0 Å². The molecule has 5 heteroatoms. The third kappa shape index (κ3) is 5.52. The number of ether oxygens (including phenoxy) is 2. The van der Waals surface area contributed by atoms with Crippen molar-refractivity contribution < 1.29 is 14.3 Å². The van der Waals surface area contributed by atoms with Crippen molar-refractivity contribution in [1.29, 1.82) is 0 Å². The lowest BCUT2D eigenvalue weighted by molar-refractivity contribution is 0.101. The summed E-state index contributed by atoms with van der Waals surface area (Å²) >= 11 is 0. The van der Waals surface area contributed by atoms with Crippen LogP contribution in [0.25, 0.3) is 0 Å². The van der Waals surface area contributed by atoms with Crippen LogP contribution in [-0.4, -0.2) is 69.1 Å². The van der Waals surface area contributed by atoms with Gasteiger partial charge in [0.05, 0.1) is 13.7 Å². The standard InChI is InChI=1S/C18H28N2O3/c1-15(21)16-6-7-17(18(14-16)22-3)23-13-5-4-8-20-11-9-19(2)10-12-20/h6-7,14H,4-5,8-13H2,1-3H3. The number of ketones is 1. The Hall–Kier alpha value is -1.59. The lowest BCUT2D eigenvalue weighted by atomic mass is 10.1. The first-order valence-corrected chi connectivity index (χ1v) is 8.33. The fourth-order valence-corrected chi connectivity index (χ4v) is 2.70. The molecule has 23 heavy (non-hydrogen) atoms. The fraction of sp³-hybridized carbons (Fsp3) is 0.611. The number of nitrogens with zero attached hydrogens (tertiary/aromatic N) is 2. The van der Waals surface area contributed by atoms with Gasteiger partial charge in [0.15, 0.2) is 17.3 Å². The van der Waals surface area contributed by atoms with Crippen LogP contribution in [0.2, 0.25) is 0 Å². The van der Waals surface area contributed by atoms with Gasteiger partial charge in [-0.25, -0.2) is 0 Å². The number of carbonyl (C=O) groups is 1. The van der Waals surface area contributed by atoms with E-state index in [2.05, 4.69) is 16.8 Å². The normalized spacial score (nSPS) is 16.3. The number of piperazine rings is 1. The van der Waals surface area contributed by atoms with E-state index in [4.69, 9.17) is 9.47 Å². The van der Waals surface area contributed by atoms with Crippen molar-refractivity contribution in [2.45, 2.75) is 19.8 Å². The van der Waals surface area contributed by atoms with E-state index >= 15 is 0 Å². The predicted molar refractivity (Wildman–Crippen MR) is 91.7 cm³/mol. The molecule has 0 atom stereocenters. The highest BCUT2D eigenvalue weighted by Gasteiger charge is 2.13. The highest BCUT2D eigenvalue weighted by atomic mass is 16.5. The van der Waals surface area contributed by atoms with Crippen molar-refractivity contribution in [2.24, 2.45) is 0 Å². The molecular weight excluding hydrogens is 292 g/mol. The molecule has 0 unspecified atom stereocenters. The molecule has 1 aromatic carbocycles. The number of Topliss-reactive ketones (excluding diaryl/α,β-unsaturated/α-hetero) is 1. The summed E-state index contributed by atoms with van der Waals surface area (Å²) in [5.74, 6) is 1.36. The van der Waals surface area contributed by atoms with Crippen molar-refractivity contribution in [3.8, 4) is 11.5 Å². The van der Waals surface area contributed by atoms with Gasteiger partial charge in [-0.15, -0.1) is 0 Å². The maximum absolute atomic E-state index is 11.4. The monoisotopic (exact) mass is 320 g/mol. The number of hydrogen-bond donors (Lipinski definition) is 0. The largest absolute Gasteiger partial charge is 0.493 e. The molecule has 0 aromatic heterocycles. The highest BCUT2D eigenvalue weighted by molar-refractivity contribution is 5.94. The van der Waals surface area contributed by atoms with Crippen molar-refractivity contribution in [1.82, 2.24) is 9.80 Å². The first-order chi connectivity index (χ1) is 11.1. The number of likely N-dealkylation sites (N-methyl/N-ethyl adjacent to an activating group) is 1. The van der Waals surface area contributed by atoms with Crippen LogP contribution in [-0.2, 0) is 0 Å². The topological polar surface area (TPSA) is 42.0 Å². The zero-order valence-electron chi connectivity index (χ0n) is 14.5. The predicted octanol–water partition coefficient (Wildman–Crippen LogP) is 2.30. The third-order valence-corrected chi connectivity index (χ3v) is 4.29. The summed E-state index contributed by atoms with van der Waals surface area (Å²) in [6.07, 6.45) is 2.15. The first kappa shape index (κ1) is 17.8. The van der Waals surface area contributed by atoms with E-state index in [9.17, 15) is 4.79 Å². The molecule has 2 rings (SSSR count). The van der Waals surface area contributed by atoms with E-state index in [1.54, 1.807) is 26.2 Å². The molecule has 0 saturated carbocycles. The second kappa shape index (κ2) is 8.89. The summed E-state index contributed by atoms with van der Waals surface area (Å²) in [7, 11) is 3.77. The van der Waals surface area contributed by atoms with E-state index < -0.39 is 0 Å². The highest BCUT2D eigenvalue weighted by Crippen LogP contribution is 2.28. The number of carbonyl (C=O) groups excluding carboxylic acids is 1. The Morgan fingerprint density at radius 2 is 1.87 bits per heavy atom. The molecule has 1 fully saturated rings. The summed E-state index contributed by atoms with van der Waals surface area (Å²) in [6, 6.07) is 5.34. The van der Waals surface area contributed by atoms with Gasteiger partial charge in [0, 0.05) is 31.7 Å². The van der Waals surface area contributed by atoms with Crippen LogP contribution in [0.15, 0.2) is 18.2 Å². The lowest BCUT2D eigenvalue weighted by Gasteiger charge is -2.32. The molecule has 1 saturated heterocycles. The van der Waals surface area contributed by atoms with Gasteiger partial charge in [0.1, 0.15) is 0 Å². The van der Waals surface area contributed by atoms with E-state index in [1.807, 2.05) is 6.07 Å². The number of hydrogen-bond acceptors (Lipinski definition) is 5. The maximum Gasteiger partial charge on any atom is 0.161 e. The summed E-state index contributed by atoms with van der Waals surface area (Å²) in [6.45, 7) is 8.01. The molecular formula is C18H28N2O3. The summed E-state index contributed by atoms with van der Waals surface area (Å²) in [5.41, 5.74) is 0.643. The SMILES string of the molecule is COc1cc(C(C)=O)ccc1OCCCCN1CCN(C)CC1. The minimum atomic E-state index is 0.0297. The van der Waals surface area contributed by atoms with Crippen molar-refractivity contribution >= 4 is 5.78 Å².